The van der Waals surface area contributed by atoms with Gasteiger partial charge in [0.2, 0.25) is 10.0 Å². The smallest absolute Gasteiger partial charge is 0.255 e. The van der Waals surface area contributed by atoms with E-state index in [9.17, 15) is 13.2 Å². The van der Waals surface area contributed by atoms with Crippen LogP contribution in [-0.4, -0.2) is 31.7 Å². The molecule has 2 aromatic carbocycles. The van der Waals surface area contributed by atoms with Crippen molar-refractivity contribution in [2.45, 2.75) is 31.6 Å². The van der Waals surface area contributed by atoms with Gasteiger partial charge in [0.1, 0.15) is 0 Å². The van der Waals surface area contributed by atoms with Gasteiger partial charge in [-0.2, -0.15) is 4.31 Å². The van der Waals surface area contributed by atoms with Gasteiger partial charge in [0.25, 0.3) is 5.91 Å². The topological polar surface area (TPSA) is 66.5 Å². The highest BCUT2D eigenvalue weighted by Crippen LogP contribution is 2.30. The van der Waals surface area contributed by atoms with Gasteiger partial charge in [-0.1, -0.05) is 43.1 Å². The summed E-state index contributed by atoms with van der Waals surface area (Å²) in [6.07, 6.45) is 1.47. The number of amides is 1. The Labute approximate surface area is 170 Å². The first-order chi connectivity index (χ1) is 12.8. The molecule has 8 heteroatoms. The van der Waals surface area contributed by atoms with Crippen LogP contribution in [0.2, 0.25) is 10.0 Å². The maximum absolute atomic E-state index is 12.8. The van der Waals surface area contributed by atoms with Crippen LogP contribution >= 0.6 is 23.2 Å². The van der Waals surface area contributed by atoms with Gasteiger partial charge in [-0.3, -0.25) is 4.79 Å². The highest BCUT2D eigenvalue weighted by atomic mass is 35.5. The number of nitrogens with zero attached hydrogens (tertiary/aromatic N) is 1. The van der Waals surface area contributed by atoms with Gasteiger partial charge in [0.15, 0.2) is 0 Å². The zero-order valence-corrected chi connectivity index (χ0v) is 17.5. The molecule has 1 N–H and O–H groups in total. The molecule has 0 aliphatic rings. The molecule has 2 rings (SSSR count). The van der Waals surface area contributed by atoms with E-state index in [0.29, 0.717) is 29.4 Å². The number of nitrogens with one attached hydrogen (secondary N) is 1. The summed E-state index contributed by atoms with van der Waals surface area (Å²) in [5.74, 6) is -0.401. The van der Waals surface area contributed by atoms with Gasteiger partial charge in [0.05, 0.1) is 20.6 Å². The Morgan fingerprint density at radius 1 is 1.00 bits per heavy atom. The number of carbonyl (C=O) groups is 1. The van der Waals surface area contributed by atoms with Gasteiger partial charge in [-0.25, -0.2) is 8.42 Å². The SMILES string of the molecule is CCCN(CCC)S(=O)(=O)c1ccc(C(=O)Nc2cccc(Cl)c2Cl)cc1. The summed E-state index contributed by atoms with van der Waals surface area (Å²) >= 11 is 12.0. The molecule has 0 aliphatic heterocycles. The molecule has 0 saturated heterocycles. The number of benzene rings is 2. The van der Waals surface area contributed by atoms with Crippen molar-refractivity contribution in [1.82, 2.24) is 4.31 Å². The van der Waals surface area contributed by atoms with E-state index in [1.165, 1.54) is 28.6 Å². The van der Waals surface area contributed by atoms with Crippen molar-refractivity contribution in [1.29, 1.82) is 0 Å². The summed E-state index contributed by atoms with van der Waals surface area (Å²) in [5, 5.41) is 3.26. The Bertz CT molecular complexity index is 894. The summed E-state index contributed by atoms with van der Waals surface area (Å²) in [4.78, 5) is 12.6. The van der Waals surface area contributed by atoms with Gasteiger partial charge >= 0.3 is 0 Å². The first kappa shape index (κ1) is 21.7. The maximum Gasteiger partial charge on any atom is 0.255 e. The van der Waals surface area contributed by atoms with Crippen LogP contribution in [0.4, 0.5) is 5.69 Å². The second-order valence-corrected chi connectivity index (χ2v) is 8.71. The average molecular weight is 429 g/mol. The van der Waals surface area contributed by atoms with Crippen molar-refractivity contribution in [3.8, 4) is 0 Å². The Morgan fingerprint density at radius 2 is 1.59 bits per heavy atom. The predicted molar refractivity (Wildman–Crippen MR) is 110 cm³/mol. The van der Waals surface area contributed by atoms with Gasteiger partial charge in [-0.15, -0.1) is 0 Å². The van der Waals surface area contributed by atoms with Crippen LogP contribution < -0.4 is 5.32 Å². The normalized spacial score (nSPS) is 11.6. The first-order valence-electron chi connectivity index (χ1n) is 8.66. The average Bonchev–Trinajstić information content (AvgIpc) is 2.65. The van der Waals surface area contributed by atoms with Crippen molar-refractivity contribution in [3.05, 3.63) is 58.1 Å². The lowest BCUT2D eigenvalue weighted by Crippen LogP contribution is -2.32. The van der Waals surface area contributed by atoms with E-state index < -0.39 is 15.9 Å². The van der Waals surface area contributed by atoms with Gasteiger partial charge in [0, 0.05) is 18.7 Å². The van der Waals surface area contributed by atoms with Crippen LogP contribution in [0.1, 0.15) is 37.0 Å². The zero-order valence-electron chi connectivity index (χ0n) is 15.2. The Balaban J connectivity index is 2.21. The minimum Gasteiger partial charge on any atom is -0.321 e. The lowest BCUT2D eigenvalue weighted by atomic mass is 10.2. The standard InChI is InChI=1S/C19H22Cl2N2O3S/c1-3-12-23(13-4-2)27(25,26)15-10-8-14(9-11-15)19(24)22-17-7-5-6-16(20)18(17)21/h5-11H,3-4,12-13H2,1-2H3,(H,22,24). The van der Waals surface area contributed by atoms with Crippen LogP contribution in [0.15, 0.2) is 47.4 Å². The third-order valence-corrected chi connectivity index (χ3v) is 6.63. The lowest BCUT2D eigenvalue weighted by Gasteiger charge is -2.21. The Morgan fingerprint density at radius 3 is 2.15 bits per heavy atom. The summed E-state index contributed by atoms with van der Waals surface area (Å²) < 4.78 is 27.0. The van der Waals surface area contributed by atoms with Crippen LogP contribution in [0.5, 0.6) is 0 Å². The molecule has 0 unspecified atom stereocenters. The summed E-state index contributed by atoms with van der Waals surface area (Å²) in [6, 6.07) is 10.8. The maximum atomic E-state index is 12.8. The van der Waals surface area contributed by atoms with E-state index in [-0.39, 0.29) is 9.92 Å². The largest absolute Gasteiger partial charge is 0.321 e. The number of carbonyl (C=O) groups excluding carboxylic acids is 1. The number of halogens is 2. The molecule has 2 aromatic rings. The molecule has 146 valence electrons. The van der Waals surface area contributed by atoms with Crippen molar-refractivity contribution in [2.75, 3.05) is 18.4 Å². The lowest BCUT2D eigenvalue weighted by molar-refractivity contribution is 0.102. The molecule has 0 aliphatic carbocycles. The van der Waals surface area contributed by atoms with Crippen LogP contribution in [-0.2, 0) is 10.0 Å². The number of hydrogen-bond acceptors (Lipinski definition) is 3. The van der Waals surface area contributed by atoms with Crippen LogP contribution in [0, 0.1) is 0 Å². The molecule has 0 heterocycles. The van der Waals surface area contributed by atoms with E-state index in [0.717, 1.165) is 12.8 Å². The van der Waals surface area contributed by atoms with E-state index in [1.54, 1.807) is 18.2 Å². The molecule has 1 amide bonds. The fourth-order valence-electron chi connectivity index (χ4n) is 2.57. The van der Waals surface area contributed by atoms with E-state index in [2.05, 4.69) is 5.32 Å². The molecule has 0 bridgehead atoms. The predicted octanol–water partition coefficient (Wildman–Crippen LogP) is 5.06. The second-order valence-electron chi connectivity index (χ2n) is 5.98. The van der Waals surface area contributed by atoms with Crippen molar-refractivity contribution >= 4 is 44.8 Å². The van der Waals surface area contributed by atoms with Gasteiger partial charge < -0.3 is 5.32 Å². The van der Waals surface area contributed by atoms with Crippen LogP contribution in [0.3, 0.4) is 0 Å². The van der Waals surface area contributed by atoms with Gasteiger partial charge in [-0.05, 0) is 49.2 Å². The highest BCUT2D eigenvalue weighted by molar-refractivity contribution is 7.89. The zero-order chi connectivity index (χ0) is 20.0. The molecule has 0 fully saturated rings. The van der Waals surface area contributed by atoms with E-state index in [4.69, 9.17) is 23.2 Å². The number of rotatable bonds is 8. The van der Waals surface area contributed by atoms with E-state index >= 15 is 0 Å². The first-order valence-corrected chi connectivity index (χ1v) is 10.9. The third kappa shape index (κ3) is 5.23. The quantitative estimate of drug-likeness (QED) is 0.638. The van der Waals surface area contributed by atoms with E-state index in [1.807, 2.05) is 13.8 Å². The number of anilines is 1. The third-order valence-electron chi connectivity index (χ3n) is 3.90. The summed E-state index contributed by atoms with van der Waals surface area (Å²) in [7, 11) is -3.58. The Kier molecular flexibility index (Phi) is 7.68. The minimum atomic E-state index is -3.58. The number of sulfonamides is 1. The molecule has 0 saturated carbocycles. The summed E-state index contributed by atoms with van der Waals surface area (Å²) in [6.45, 7) is 4.80. The van der Waals surface area contributed by atoms with Crippen LogP contribution in [0.25, 0.3) is 0 Å². The molecule has 0 spiro atoms. The summed E-state index contributed by atoms with van der Waals surface area (Å²) in [5.41, 5.74) is 0.713. The monoisotopic (exact) mass is 428 g/mol. The second kappa shape index (κ2) is 9.55. The molecule has 27 heavy (non-hydrogen) atoms. The number of hydrogen-bond donors (Lipinski definition) is 1. The Hall–Kier alpha value is -1.60. The molecular formula is C19H22Cl2N2O3S. The van der Waals surface area contributed by atoms with Crippen molar-refractivity contribution < 1.29 is 13.2 Å². The molecular weight excluding hydrogens is 407 g/mol. The fourth-order valence-corrected chi connectivity index (χ4v) is 4.54. The van der Waals surface area contributed by atoms with Crippen molar-refractivity contribution in [2.24, 2.45) is 0 Å². The van der Waals surface area contributed by atoms with Crippen molar-refractivity contribution in [3.63, 3.8) is 0 Å². The fraction of sp³-hybridized carbons (Fsp3) is 0.316. The highest BCUT2D eigenvalue weighted by Gasteiger charge is 2.23. The molecule has 5 nitrogen and oxygen atoms in total. The minimum absolute atomic E-state index is 0.168. The molecule has 0 radical (unpaired) electrons. The molecule has 0 atom stereocenters. The molecule has 0 aromatic heterocycles.